The number of hydrogen-bond donors (Lipinski definition) is 2. The maximum Gasteiger partial charge on any atom is 0.311 e. The SMILES string of the molecule is O=C(O)CC(=O)c1cc2c(F)cc(F)cc2[nH]1. The van der Waals surface area contributed by atoms with Crippen molar-refractivity contribution in [3.8, 4) is 0 Å². The molecule has 0 fully saturated rings. The van der Waals surface area contributed by atoms with E-state index in [1.165, 1.54) is 6.07 Å². The maximum atomic E-state index is 13.3. The molecule has 0 saturated heterocycles. The van der Waals surface area contributed by atoms with Crippen molar-refractivity contribution < 1.29 is 23.5 Å². The Hall–Kier alpha value is -2.24. The molecule has 0 radical (unpaired) electrons. The zero-order valence-electron chi connectivity index (χ0n) is 8.46. The summed E-state index contributed by atoms with van der Waals surface area (Å²) in [5, 5.41) is 8.51. The van der Waals surface area contributed by atoms with Gasteiger partial charge in [-0.05, 0) is 12.1 Å². The van der Waals surface area contributed by atoms with Crippen molar-refractivity contribution in [2.75, 3.05) is 0 Å². The molecule has 1 heterocycles. The molecule has 1 aromatic carbocycles. The molecule has 0 saturated carbocycles. The van der Waals surface area contributed by atoms with Crippen LogP contribution in [0.3, 0.4) is 0 Å². The molecule has 0 aliphatic heterocycles. The number of carboxylic acids is 1. The van der Waals surface area contributed by atoms with Gasteiger partial charge in [0.15, 0.2) is 5.78 Å². The summed E-state index contributed by atoms with van der Waals surface area (Å²) in [4.78, 5) is 24.2. The molecule has 2 N–H and O–H groups in total. The second-order valence-corrected chi connectivity index (χ2v) is 3.53. The van der Waals surface area contributed by atoms with Gasteiger partial charge in [0, 0.05) is 11.5 Å². The highest BCUT2D eigenvalue weighted by molar-refractivity contribution is 6.06. The van der Waals surface area contributed by atoms with E-state index in [0.717, 1.165) is 6.07 Å². The van der Waals surface area contributed by atoms with Crippen molar-refractivity contribution >= 4 is 22.7 Å². The third-order valence-corrected chi connectivity index (χ3v) is 2.26. The molecule has 0 aliphatic rings. The summed E-state index contributed by atoms with van der Waals surface area (Å²) in [6.45, 7) is 0. The molecule has 0 amide bonds. The van der Waals surface area contributed by atoms with Gasteiger partial charge in [-0.15, -0.1) is 0 Å². The lowest BCUT2D eigenvalue weighted by Crippen LogP contribution is -2.06. The number of carbonyl (C=O) groups is 2. The van der Waals surface area contributed by atoms with Gasteiger partial charge in [0.1, 0.15) is 18.1 Å². The number of Topliss-reactive ketones (excluding diaryl/α,β-unsaturated/α-hetero) is 1. The van der Waals surface area contributed by atoms with E-state index in [2.05, 4.69) is 4.98 Å². The molecule has 2 rings (SSSR count). The van der Waals surface area contributed by atoms with Crippen molar-refractivity contribution in [1.29, 1.82) is 0 Å². The largest absolute Gasteiger partial charge is 0.481 e. The Balaban J connectivity index is 2.48. The smallest absolute Gasteiger partial charge is 0.311 e. The van der Waals surface area contributed by atoms with Crippen molar-refractivity contribution in [2.45, 2.75) is 6.42 Å². The Kier molecular flexibility index (Phi) is 2.63. The molecule has 17 heavy (non-hydrogen) atoms. The highest BCUT2D eigenvalue weighted by Gasteiger charge is 2.15. The van der Waals surface area contributed by atoms with Crippen LogP contribution in [0.15, 0.2) is 18.2 Å². The van der Waals surface area contributed by atoms with Gasteiger partial charge < -0.3 is 10.1 Å². The fourth-order valence-electron chi connectivity index (χ4n) is 1.54. The number of H-pyrrole nitrogens is 1. The minimum atomic E-state index is -1.28. The Morgan fingerprint density at radius 2 is 1.94 bits per heavy atom. The third-order valence-electron chi connectivity index (χ3n) is 2.26. The van der Waals surface area contributed by atoms with E-state index in [4.69, 9.17) is 5.11 Å². The quantitative estimate of drug-likeness (QED) is 0.636. The van der Waals surface area contributed by atoms with Crippen LogP contribution >= 0.6 is 0 Å². The van der Waals surface area contributed by atoms with E-state index in [1.807, 2.05) is 0 Å². The van der Waals surface area contributed by atoms with Gasteiger partial charge in [-0.2, -0.15) is 0 Å². The number of halogens is 2. The molecule has 0 aliphatic carbocycles. The van der Waals surface area contributed by atoms with E-state index < -0.39 is 29.8 Å². The monoisotopic (exact) mass is 239 g/mol. The average Bonchev–Trinajstić information content (AvgIpc) is 2.60. The zero-order valence-corrected chi connectivity index (χ0v) is 8.46. The second kappa shape index (κ2) is 3.97. The van der Waals surface area contributed by atoms with Crippen LogP contribution in [-0.4, -0.2) is 21.8 Å². The van der Waals surface area contributed by atoms with Crippen LogP contribution in [0.5, 0.6) is 0 Å². The Morgan fingerprint density at radius 3 is 2.59 bits per heavy atom. The maximum absolute atomic E-state index is 13.3. The molecule has 2 aromatic rings. The van der Waals surface area contributed by atoms with E-state index in [-0.39, 0.29) is 16.6 Å². The first-order chi connectivity index (χ1) is 7.97. The van der Waals surface area contributed by atoms with Crippen molar-refractivity contribution in [3.05, 3.63) is 35.5 Å². The van der Waals surface area contributed by atoms with Crippen LogP contribution in [0, 0.1) is 11.6 Å². The number of aromatic amines is 1. The number of carboxylic acid groups (broad SMARTS) is 1. The van der Waals surface area contributed by atoms with Gasteiger partial charge in [-0.3, -0.25) is 9.59 Å². The summed E-state index contributed by atoms with van der Waals surface area (Å²) in [5.74, 6) is -3.53. The summed E-state index contributed by atoms with van der Waals surface area (Å²) in [6.07, 6.45) is -0.697. The predicted molar refractivity (Wildman–Crippen MR) is 54.8 cm³/mol. The molecular weight excluding hydrogens is 232 g/mol. The number of rotatable bonds is 3. The van der Waals surface area contributed by atoms with Gasteiger partial charge >= 0.3 is 5.97 Å². The molecule has 0 bridgehead atoms. The average molecular weight is 239 g/mol. The Labute approximate surface area is 93.9 Å². The number of hydrogen-bond acceptors (Lipinski definition) is 2. The Bertz CT molecular complexity index is 618. The van der Waals surface area contributed by atoms with Crippen molar-refractivity contribution in [3.63, 3.8) is 0 Å². The number of aliphatic carboxylic acids is 1. The third kappa shape index (κ3) is 2.15. The standard InChI is InChI=1S/C11H7F2NO3/c12-5-1-7(13)6-3-9(14-8(6)2-5)10(15)4-11(16)17/h1-3,14H,4H2,(H,16,17). The zero-order chi connectivity index (χ0) is 12.6. The fraction of sp³-hybridized carbons (Fsp3) is 0.0909. The van der Waals surface area contributed by atoms with E-state index in [1.54, 1.807) is 0 Å². The van der Waals surface area contributed by atoms with Crippen LogP contribution < -0.4 is 0 Å². The fourth-order valence-corrected chi connectivity index (χ4v) is 1.54. The summed E-state index contributed by atoms with van der Waals surface area (Å²) in [7, 11) is 0. The van der Waals surface area contributed by atoms with Crippen LogP contribution in [0.1, 0.15) is 16.9 Å². The lowest BCUT2D eigenvalue weighted by atomic mass is 10.2. The number of fused-ring (bicyclic) bond motifs is 1. The summed E-state index contributed by atoms with van der Waals surface area (Å²) < 4.78 is 26.2. The van der Waals surface area contributed by atoms with Crippen molar-refractivity contribution in [1.82, 2.24) is 4.98 Å². The number of ketones is 1. The van der Waals surface area contributed by atoms with Crippen LogP contribution in [-0.2, 0) is 4.79 Å². The molecule has 1 aromatic heterocycles. The minimum absolute atomic E-state index is 0.0492. The normalized spacial score (nSPS) is 10.7. The first kappa shape index (κ1) is 11.3. The van der Waals surface area contributed by atoms with E-state index in [9.17, 15) is 18.4 Å². The first-order valence-electron chi connectivity index (χ1n) is 4.70. The molecule has 4 nitrogen and oxygen atoms in total. The van der Waals surface area contributed by atoms with Crippen LogP contribution in [0.25, 0.3) is 10.9 Å². The van der Waals surface area contributed by atoms with Crippen LogP contribution in [0.2, 0.25) is 0 Å². The van der Waals surface area contributed by atoms with Gasteiger partial charge in [-0.1, -0.05) is 0 Å². The molecule has 0 atom stereocenters. The Morgan fingerprint density at radius 1 is 1.24 bits per heavy atom. The van der Waals surface area contributed by atoms with Gasteiger partial charge in [0.2, 0.25) is 0 Å². The number of carbonyl (C=O) groups excluding carboxylic acids is 1. The van der Waals surface area contributed by atoms with Crippen LogP contribution in [0.4, 0.5) is 8.78 Å². The van der Waals surface area contributed by atoms with E-state index in [0.29, 0.717) is 6.07 Å². The summed E-state index contributed by atoms with van der Waals surface area (Å²) in [5.41, 5.74) is 0.0724. The molecule has 0 spiro atoms. The number of benzene rings is 1. The molecule has 0 unspecified atom stereocenters. The lowest BCUT2D eigenvalue weighted by molar-refractivity contribution is -0.135. The lowest BCUT2D eigenvalue weighted by Gasteiger charge is -1.92. The summed E-state index contributed by atoms with van der Waals surface area (Å²) in [6, 6.07) is 2.91. The minimum Gasteiger partial charge on any atom is -0.481 e. The number of aromatic nitrogens is 1. The molecule has 6 heteroatoms. The van der Waals surface area contributed by atoms with E-state index >= 15 is 0 Å². The predicted octanol–water partition coefficient (Wildman–Crippen LogP) is 2.10. The van der Waals surface area contributed by atoms with Gasteiger partial charge in [0.25, 0.3) is 0 Å². The highest BCUT2D eigenvalue weighted by Crippen LogP contribution is 2.21. The van der Waals surface area contributed by atoms with Gasteiger partial charge in [0.05, 0.1) is 11.2 Å². The topological polar surface area (TPSA) is 70.2 Å². The second-order valence-electron chi connectivity index (χ2n) is 3.53. The highest BCUT2D eigenvalue weighted by atomic mass is 19.1. The van der Waals surface area contributed by atoms with Crippen molar-refractivity contribution in [2.24, 2.45) is 0 Å². The first-order valence-corrected chi connectivity index (χ1v) is 4.70. The number of nitrogens with one attached hydrogen (secondary N) is 1. The molecular formula is C11H7F2NO3. The summed E-state index contributed by atoms with van der Waals surface area (Å²) >= 11 is 0. The van der Waals surface area contributed by atoms with Gasteiger partial charge in [-0.25, -0.2) is 8.78 Å². The molecule has 88 valence electrons.